The molecule has 5 rings (SSSR count). The summed E-state index contributed by atoms with van der Waals surface area (Å²) >= 11 is 12.3. The predicted molar refractivity (Wildman–Crippen MR) is 151 cm³/mol. The maximum atomic E-state index is 13.5. The van der Waals surface area contributed by atoms with Crippen LogP contribution < -0.4 is 5.43 Å². The monoisotopic (exact) mass is 560 g/mol. The fourth-order valence-corrected chi connectivity index (χ4v) is 4.60. The Morgan fingerprint density at radius 2 is 1.28 bits per heavy atom. The maximum absolute atomic E-state index is 13.5. The summed E-state index contributed by atoms with van der Waals surface area (Å²) in [5.41, 5.74) is 5.65. The first kappa shape index (κ1) is 26.8. The van der Waals surface area contributed by atoms with Crippen molar-refractivity contribution in [3.05, 3.63) is 106 Å². The normalized spacial score (nSPS) is 13.6. The van der Waals surface area contributed by atoms with E-state index in [0.717, 1.165) is 37.9 Å². The molecule has 0 saturated carbocycles. The molecule has 1 aliphatic rings. The van der Waals surface area contributed by atoms with Gasteiger partial charge in [-0.1, -0.05) is 84.2 Å². The molecule has 1 fully saturated rings. The van der Waals surface area contributed by atoms with E-state index in [1.54, 1.807) is 48.5 Å². The summed E-state index contributed by atoms with van der Waals surface area (Å²) in [6.07, 6.45) is 3.06. The second-order valence-electron chi connectivity index (χ2n) is 9.18. The fraction of sp³-hybridized carbons (Fsp3) is 0.200. The van der Waals surface area contributed by atoms with Crippen LogP contribution in [-0.2, 0) is 11.3 Å². The van der Waals surface area contributed by atoms with Gasteiger partial charge in [-0.2, -0.15) is 0 Å². The van der Waals surface area contributed by atoms with E-state index in [9.17, 15) is 9.59 Å². The lowest BCUT2D eigenvalue weighted by Gasteiger charge is -2.27. The van der Waals surface area contributed by atoms with E-state index in [2.05, 4.69) is 5.43 Å². The van der Waals surface area contributed by atoms with Crippen LogP contribution in [0.3, 0.4) is 0 Å². The molecule has 9 heteroatoms. The highest BCUT2D eigenvalue weighted by atomic mass is 35.5. The van der Waals surface area contributed by atoms with Crippen LogP contribution in [0.2, 0.25) is 10.0 Å². The van der Waals surface area contributed by atoms with Gasteiger partial charge in [-0.25, -0.2) is 19.8 Å². The van der Waals surface area contributed by atoms with Gasteiger partial charge in [0.1, 0.15) is 6.61 Å². The van der Waals surface area contributed by atoms with Gasteiger partial charge in [-0.05, 0) is 42.7 Å². The molecule has 2 heterocycles. The van der Waals surface area contributed by atoms with Gasteiger partial charge in [0, 0.05) is 34.3 Å². The van der Waals surface area contributed by atoms with Gasteiger partial charge >= 0.3 is 5.97 Å². The Kier molecular flexibility index (Phi) is 8.51. The van der Waals surface area contributed by atoms with E-state index >= 15 is 0 Å². The second-order valence-corrected chi connectivity index (χ2v) is 10.1. The highest BCUT2D eigenvalue weighted by Gasteiger charge is 2.28. The highest BCUT2D eigenvalue weighted by molar-refractivity contribution is 6.31. The lowest BCUT2D eigenvalue weighted by atomic mass is 10.0. The summed E-state index contributed by atoms with van der Waals surface area (Å²) in [5.74, 6) is -1.26. The lowest BCUT2D eigenvalue weighted by molar-refractivity contribution is 0.0458. The van der Waals surface area contributed by atoms with E-state index in [1.165, 1.54) is 0 Å². The smallest absolute Gasteiger partial charge is 0.359 e. The van der Waals surface area contributed by atoms with Crippen molar-refractivity contribution in [3.8, 4) is 22.5 Å². The molecule has 3 aromatic carbocycles. The Hall–Kier alpha value is -3.78. The van der Waals surface area contributed by atoms with E-state index < -0.39 is 11.9 Å². The lowest BCUT2D eigenvalue weighted by Crippen LogP contribution is -2.45. The van der Waals surface area contributed by atoms with Gasteiger partial charge in [0.05, 0.1) is 11.4 Å². The number of rotatable bonds is 7. The topological polar surface area (TPSA) is 84.4 Å². The molecule has 1 aromatic heterocycles. The van der Waals surface area contributed by atoms with Crippen molar-refractivity contribution >= 4 is 35.1 Å². The minimum absolute atomic E-state index is 0.0315. The van der Waals surface area contributed by atoms with Gasteiger partial charge in [-0.15, -0.1) is 0 Å². The molecule has 0 radical (unpaired) electrons. The minimum Gasteiger partial charge on any atom is -0.456 e. The van der Waals surface area contributed by atoms with Gasteiger partial charge in [-0.3, -0.25) is 10.2 Å². The number of benzene rings is 3. The van der Waals surface area contributed by atoms with Crippen LogP contribution in [0.5, 0.6) is 0 Å². The van der Waals surface area contributed by atoms with E-state index in [4.69, 9.17) is 37.9 Å². The molecule has 1 amide bonds. The summed E-state index contributed by atoms with van der Waals surface area (Å²) in [6.45, 7) is 1.48. The van der Waals surface area contributed by atoms with Crippen LogP contribution in [0.1, 0.15) is 45.8 Å². The Balaban J connectivity index is 1.60. The number of amides is 1. The molecule has 0 bridgehead atoms. The third kappa shape index (κ3) is 6.63. The molecule has 0 atom stereocenters. The SMILES string of the molecule is O=C(NN1CCCCC1)c1nc(-c2ccc(Cl)cc2)c(-c2ccc(Cl)cc2)nc1C(=O)OCc1ccccc1. The number of halogens is 2. The zero-order valence-corrected chi connectivity index (χ0v) is 22.6. The number of carbonyl (C=O) groups is 2. The molecule has 4 aromatic rings. The number of carbonyl (C=O) groups excluding carboxylic acids is 2. The molecule has 39 heavy (non-hydrogen) atoms. The summed E-state index contributed by atoms with van der Waals surface area (Å²) < 4.78 is 5.59. The molecule has 198 valence electrons. The van der Waals surface area contributed by atoms with E-state index in [1.807, 2.05) is 35.3 Å². The van der Waals surface area contributed by atoms with Crippen LogP contribution in [0.15, 0.2) is 78.9 Å². The largest absolute Gasteiger partial charge is 0.456 e. The number of nitrogens with one attached hydrogen (secondary N) is 1. The average molecular weight is 561 g/mol. The van der Waals surface area contributed by atoms with Gasteiger partial charge in [0.25, 0.3) is 5.91 Å². The Labute approximate surface area is 236 Å². The van der Waals surface area contributed by atoms with Gasteiger partial charge < -0.3 is 4.74 Å². The van der Waals surface area contributed by atoms with Crippen molar-refractivity contribution in [2.75, 3.05) is 13.1 Å². The van der Waals surface area contributed by atoms with Gasteiger partial charge in [0.15, 0.2) is 11.4 Å². The van der Waals surface area contributed by atoms with Crippen molar-refractivity contribution in [2.24, 2.45) is 0 Å². The number of hydrogen-bond donors (Lipinski definition) is 1. The Morgan fingerprint density at radius 1 is 0.744 bits per heavy atom. The summed E-state index contributed by atoms with van der Waals surface area (Å²) in [4.78, 5) is 36.4. The zero-order chi connectivity index (χ0) is 27.2. The van der Waals surface area contributed by atoms with Crippen LogP contribution >= 0.6 is 23.2 Å². The second kappa shape index (κ2) is 12.4. The van der Waals surface area contributed by atoms with Crippen molar-refractivity contribution in [2.45, 2.75) is 25.9 Å². The summed E-state index contributed by atoms with van der Waals surface area (Å²) in [5, 5.41) is 2.96. The van der Waals surface area contributed by atoms with Crippen LogP contribution in [0, 0.1) is 0 Å². The first-order chi connectivity index (χ1) is 19.0. The zero-order valence-electron chi connectivity index (χ0n) is 21.1. The number of nitrogens with zero attached hydrogens (tertiary/aromatic N) is 3. The predicted octanol–water partition coefficient (Wildman–Crippen LogP) is 6.61. The first-order valence-corrected chi connectivity index (χ1v) is 13.4. The molecule has 0 aliphatic carbocycles. The molecule has 1 N–H and O–H groups in total. The number of ether oxygens (including phenoxy) is 1. The van der Waals surface area contributed by atoms with Crippen LogP contribution in [0.25, 0.3) is 22.5 Å². The number of esters is 1. The maximum Gasteiger partial charge on any atom is 0.359 e. The number of aromatic nitrogens is 2. The molecular formula is C30H26Cl2N4O3. The van der Waals surface area contributed by atoms with Crippen LogP contribution in [0.4, 0.5) is 0 Å². The van der Waals surface area contributed by atoms with Crippen molar-refractivity contribution in [1.29, 1.82) is 0 Å². The quantitative estimate of drug-likeness (QED) is 0.256. The van der Waals surface area contributed by atoms with Crippen molar-refractivity contribution in [1.82, 2.24) is 20.4 Å². The average Bonchev–Trinajstić information content (AvgIpc) is 2.97. The highest BCUT2D eigenvalue weighted by Crippen LogP contribution is 2.32. The molecule has 1 saturated heterocycles. The summed E-state index contributed by atoms with van der Waals surface area (Å²) in [6, 6.07) is 23.4. The Morgan fingerprint density at radius 3 is 1.85 bits per heavy atom. The summed E-state index contributed by atoms with van der Waals surface area (Å²) in [7, 11) is 0. The first-order valence-electron chi connectivity index (χ1n) is 12.7. The number of hydrogen-bond acceptors (Lipinski definition) is 6. The van der Waals surface area contributed by atoms with Crippen molar-refractivity contribution < 1.29 is 14.3 Å². The van der Waals surface area contributed by atoms with E-state index in [0.29, 0.717) is 32.6 Å². The Bertz CT molecular complexity index is 1460. The van der Waals surface area contributed by atoms with Crippen LogP contribution in [-0.4, -0.2) is 39.9 Å². The van der Waals surface area contributed by atoms with Crippen molar-refractivity contribution in [3.63, 3.8) is 0 Å². The molecule has 0 unspecified atom stereocenters. The number of hydrazine groups is 1. The molecule has 1 aliphatic heterocycles. The molecular weight excluding hydrogens is 535 g/mol. The molecule has 7 nitrogen and oxygen atoms in total. The third-order valence-electron chi connectivity index (χ3n) is 6.37. The standard InChI is InChI=1S/C30H26Cl2N4O3/c31-23-13-9-21(10-14-23)25-26(22-11-15-24(32)16-12-22)34-28(30(38)39-19-20-7-3-1-4-8-20)27(33-25)29(37)35-36-17-5-2-6-18-36/h1,3-4,7-16H,2,5-6,17-19H2,(H,35,37). The van der Waals surface area contributed by atoms with E-state index in [-0.39, 0.29) is 18.0 Å². The minimum atomic E-state index is -0.743. The van der Waals surface area contributed by atoms with Gasteiger partial charge in [0.2, 0.25) is 0 Å². The third-order valence-corrected chi connectivity index (χ3v) is 6.87. The number of piperidine rings is 1. The fourth-order valence-electron chi connectivity index (χ4n) is 4.35. The molecule has 0 spiro atoms.